The molecule has 0 N–H and O–H groups in total. The van der Waals surface area contributed by atoms with Gasteiger partial charge >= 0.3 is 0 Å². The molecule has 2 heteroatoms. The van der Waals surface area contributed by atoms with Gasteiger partial charge in [-0.3, -0.25) is 0 Å². The molecule has 1 aliphatic rings. The summed E-state index contributed by atoms with van der Waals surface area (Å²) in [7, 11) is 0. The first-order valence-electron chi connectivity index (χ1n) is 2.41. The van der Waals surface area contributed by atoms with Crippen LogP contribution in [0.4, 0.5) is 8.78 Å². The topological polar surface area (TPSA) is 0 Å². The fourth-order valence-corrected chi connectivity index (χ4v) is 0.511. The van der Waals surface area contributed by atoms with E-state index >= 15 is 0 Å². The van der Waals surface area contributed by atoms with Crippen LogP contribution in [-0.2, 0) is 0 Å². The molecule has 0 aliphatic heterocycles. The summed E-state index contributed by atoms with van der Waals surface area (Å²) in [6, 6.07) is 0. The van der Waals surface area contributed by atoms with Crippen molar-refractivity contribution >= 4 is 0 Å². The van der Waals surface area contributed by atoms with Crippen LogP contribution in [0.2, 0.25) is 0 Å². The Kier molecular flexibility index (Phi) is 1.26. The van der Waals surface area contributed by atoms with Crippen molar-refractivity contribution in [1.29, 1.82) is 0 Å². The van der Waals surface area contributed by atoms with Crippen LogP contribution >= 0.6 is 0 Å². The van der Waals surface area contributed by atoms with Crippen LogP contribution in [0.1, 0.15) is 19.3 Å². The van der Waals surface area contributed by atoms with Crippen LogP contribution in [0, 0.1) is 5.92 Å². The first-order chi connectivity index (χ1) is 3.29. The average molecular weight is 105 g/mol. The largest absolute Gasteiger partial charge is 0.239 e. The van der Waals surface area contributed by atoms with Gasteiger partial charge in [-0.15, -0.1) is 0 Å². The van der Waals surface area contributed by atoms with Gasteiger partial charge in [-0.25, -0.2) is 8.78 Å². The summed E-state index contributed by atoms with van der Waals surface area (Å²) in [6.07, 6.45) is -0.146. The molecule has 0 heterocycles. The molecule has 0 bridgehead atoms. The molecule has 0 aromatic carbocycles. The Morgan fingerprint density at radius 3 is 2.14 bits per heavy atom. The molecule has 1 aliphatic carbocycles. The summed E-state index contributed by atoms with van der Waals surface area (Å²) in [5.41, 5.74) is 0. The van der Waals surface area contributed by atoms with E-state index < -0.39 is 6.43 Å². The van der Waals surface area contributed by atoms with Crippen molar-refractivity contribution in [3.8, 4) is 0 Å². The van der Waals surface area contributed by atoms with Crippen molar-refractivity contribution in [1.82, 2.24) is 0 Å². The minimum atomic E-state index is -2.10. The molecule has 0 nitrogen and oxygen atoms in total. The van der Waals surface area contributed by atoms with Crippen molar-refractivity contribution < 1.29 is 8.78 Å². The molecule has 1 rings (SSSR count). The van der Waals surface area contributed by atoms with Gasteiger partial charge < -0.3 is 0 Å². The predicted octanol–water partition coefficient (Wildman–Crippen LogP) is 2.01. The lowest BCUT2D eigenvalue weighted by molar-refractivity contribution is 0.146. The SMILES string of the molecule is FC(F)C[C]1CC1. The smallest absolute Gasteiger partial charge is 0.211 e. The van der Waals surface area contributed by atoms with Crippen molar-refractivity contribution in [2.24, 2.45) is 0 Å². The van der Waals surface area contributed by atoms with Crippen LogP contribution in [0.5, 0.6) is 0 Å². The minimum absolute atomic E-state index is 0.0556. The quantitative estimate of drug-likeness (QED) is 0.504. The van der Waals surface area contributed by atoms with Crippen LogP contribution in [0.15, 0.2) is 0 Å². The summed E-state index contributed by atoms with van der Waals surface area (Å²) in [5, 5.41) is 0. The molecule has 0 amide bonds. The lowest BCUT2D eigenvalue weighted by Crippen LogP contribution is -1.88. The van der Waals surface area contributed by atoms with Gasteiger partial charge in [-0.1, -0.05) is 0 Å². The highest BCUT2D eigenvalue weighted by atomic mass is 19.3. The Morgan fingerprint density at radius 1 is 1.43 bits per heavy atom. The fraction of sp³-hybridized carbons (Fsp3) is 0.800. The number of halogens is 2. The van der Waals surface area contributed by atoms with Gasteiger partial charge in [0.15, 0.2) is 0 Å². The summed E-state index contributed by atoms with van der Waals surface area (Å²) < 4.78 is 22.6. The molecular weight excluding hydrogens is 98.1 g/mol. The van der Waals surface area contributed by atoms with Crippen molar-refractivity contribution in [3.63, 3.8) is 0 Å². The highest BCUT2D eigenvalue weighted by Crippen LogP contribution is 2.36. The normalized spacial score (nSPS) is 21.0. The van der Waals surface area contributed by atoms with Crippen molar-refractivity contribution in [3.05, 3.63) is 5.92 Å². The van der Waals surface area contributed by atoms with Crippen LogP contribution in [0.25, 0.3) is 0 Å². The van der Waals surface area contributed by atoms with E-state index in [4.69, 9.17) is 0 Å². The van der Waals surface area contributed by atoms with Crippen molar-refractivity contribution in [2.45, 2.75) is 25.7 Å². The van der Waals surface area contributed by atoms with Crippen molar-refractivity contribution in [2.75, 3.05) is 0 Å². The molecule has 0 aromatic heterocycles. The van der Waals surface area contributed by atoms with E-state index in [9.17, 15) is 8.78 Å². The van der Waals surface area contributed by atoms with Gasteiger partial charge in [-0.05, 0) is 18.8 Å². The average Bonchev–Trinajstić information content (AvgIpc) is 2.17. The van der Waals surface area contributed by atoms with Gasteiger partial charge in [-0.2, -0.15) is 0 Å². The number of hydrogen-bond acceptors (Lipinski definition) is 0. The standard InChI is InChI=1S/C5H7F2/c6-5(7)3-4-1-2-4/h5H,1-3H2. The maximum absolute atomic E-state index is 11.3. The zero-order valence-electron chi connectivity index (χ0n) is 3.95. The monoisotopic (exact) mass is 105 g/mol. The number of alkyl halides is 2. The minimum Gasteiger partial charge on any atom is -0.211 e. The summed E-state index contributed by atoms with van der Waals surface area (Å²) >= 11 is 0. The van der Waals surface area contributed by atoms with Crippen LogP contribution < -0.4 is 0 Å². The summed E-state index contributed by atoms with van der Waals surface area (Å²) in [6.45, 7) is 0. The molecule has 0 unspecified atom stereocenters. The molecule has 0 atom stereocenters. The molecule has 1 radical (unpaired) electrons. The third kappa shape index (κ3) is 1.86. The molecule has 7 heavy (non-hydrogen) atoms. The fourth-order valence-electron chi connectivity index (χ4n) is 0.511. The molecule has 1 fully saturated rings. The highest BCUT2D eigenvalue weighted by Gasteiger charge is 2.25. The summed E-state index contributed by atoms with van der Waals surface area (Å²) in [5.74, 6) is 1.04. The van der Waals surface area contributed by atoms with Gasteiger partial charge in [0, 0.05) is 6.42 Å². The lowest BCUT2D eigenvalue weighted by Gasteiger charge is -1.89. The Balaban J connectivity index is 1.97. The molecule has 0 spiro atoms. The second kappa shape index (κ2) is 1.76. The van der Waals surface area contributed by atoms with Crippen LogP contribution in [-0.4, -0.2) is 6.43 Å². The van der Waals surface area contributed by atoms with E-state index in [1.54, 1.807) is 0 Å². The van der Waals surface area contributed by atoms with E-state index in [2.05, 4.69) is 0 Å². The first kappa shape index (κ1) is 5.01. The number of hydrogen-bond donors (Lipinski definition) is 0. The zero-order chi connectivity index (χ0) is 5.28. The maximum atomic E-state index is 11.3. The first-order valence-corrected chi connectivity index (χ1v) is 2.41. The second-order valence-electron chi connectivity index (χ2n) is 1.85. The van der Waals surface area contributed by atoms with Gasteiger partial charge in [0.05, 0.1) is 0 Å². The molecule has 0 aromatic rings. The van der Waals surface area contributed by atoms with E-state index in [1.807, 2.05) is 0 Å². The molecule has 41 valence electrons. The zero-order valence-corrected chi connectivity index (χ0v) is 3.95. The second-order valence-corrected chi connectivity index (χ2v) is 1.85. The highest BCUT2D eigenvalue weighted by molar-refractivity contribution is 5.05. The van der Waals surface area contributed by atoms with E-state index in [0.29, 0.717) is 0 Å². The Labute approximate surface area is 41.5 Å². The third-order valence-electron chi connectivity index (χ3n) is 1.05. The lowest BCUT2D eigenvalue weighted by atomic mass is 10.3. The molecule has 0 saturated heterocycles. The van der Waals surface area contributed by atoms with Gasteiger partial charge in [0.1, 0.15) is 0 Å². The van der Waals surface area contributed by atoms with E-state index in [0.717, 1.165) is 18.8 Å². The predicted molar refractivity (Wildman–Crippen MR) is 23.1 cm³/mol. The van der Waals surface area contributed by atoms with Gasteiger partial charge in [0.25, 0.3) is 0 Å². The Morgan fingerprint density at radius 2 is 2.00 bits per heavy atom. The third-order valence-corrected chi connectivity index (χ3v) is 1.05. The Hall–Kier alpha value is -0.140. The van der Waals surface area contributed by atoms with Gasteiger partial charge in [0.2, 0.25) is 6.43 Å². The molecule has 1 saturated carbocycles. The Bertz CT molecular complexity index is 57.1. The maximum Gasteiger partial charge on any atom is 0.239 e. The molecular formula is C5H7F2. The number of rotatable bonds is 2. The van der Waals surface area contributed by atoms with E-state index in [-0.39, 0.29) is 6.42 Å². The summed E-state index contributed by atoms with van der Waals surface area (Å²) in [4.78, 5) is 0. The van der Waals surface area contributed by atoms with E-state index in [1.165, 1.54) is 0 Å². The van der Waals surface area contributed by atoms with Crippen LogP contribution in [0.3, 0.4) is 0 Å².